The topological polar surface area (TPSA) is 36.3 Å². The molecule has 5 heteroatoms. The van der Waals surface area contributed by atoms with E-state index in [1.807, 2.05) is 48.5 Å². The number of hydroxylamine groups is 2. The average molecular weight is 323 g/mol. The van der Waals surface area contributed by atoms with Gasteiger partial charge >= 0.3 is 0 Å². The predicted octanol–water partition coefficient (Wildman–Crippen LogP) is 4.92. The molecule has 3 nitrogen and oxygen atoms in total. The fourth-order valence-corrected chi connectivity index (χ4v) is 2.15. The Morgan fingerprint density at radius 2 is 1.29 bits per heavy atom. The average Bonchev–Trinajstić information content (AvgIpc) is 2.43. The molecule has 2 aromatic rings. The van der Waals surface area contributed by atoms with Crippen molar-refractivity contribution < 1.29 is 4.84 Å². The number of nitrogens with one attached hydrogen (secondary N) is 1. The molecular formula is C16H16Cl2N2O. The highest BCUT2D eigenvalue weighted by Crippen LogP contribution is 2.15. The Bertz CT molecular complexity index is 549. The summed E-state index contributed by atoms with van der Waals surface area (Å²) in [6.45, 7) is 2.74. The summed E-state index contributed by atoms with van der Waals surface area (Å²) in [5, 5.41) is 10.7. The first-order chi connectivity index (χ1) is 10.0. The van der Waals surface area contributed by atoms with Crippen LogP contribution in [0.15, 0.2) is 48.5 Å². The highest BCUT2D eigenvalue weighted by Gasteiger charge is 2.09. The van der Waals surface area contributed by atoms with Crippen LogP contribution in [-0.4, -0.2) is 11.0 Å². The maximum Gasteiger partial charge on any atom is 0.203 e. The van der Waals surface area contributed by atoms with Crippen LogP contribution in [0.1, 0.15) is 18.1 Å². The molecule has 0 amide bonds. The fourth-order valence-electron chi connectivity index (χ4n) is 1.90. The number of hydrogen-bond donors (Lipinski definition) is 1. The van der Waals surface area contributed by atoms with Crippen LogP contribution in [0.5, 0.6) is 0 Å². The maximum atomic E-state index is 7.52. The molecule has 2 aromatic carbocycles. The zero-order valence-electron chi connectivity index (χ0n) is 11.6. The zero-order chi connectivity index (χ0) is 15.2. The van der Waals surface area contributed by atoms with Crippen LogP contribution < -0.4 is 0 Å². The van der Waals surface area contributed by atoms with Crippen molar-refractivity contribution in [3.05, 3.63) is 69.7 Å². The molecular weight excluding hydrogens is 307 g/mol. The Labute approximate surface area is 134 Å². The number of halogens is 2. The smallest absolute Gasteiger partial charge is 0.203 e. The van der Waals surface area contributed by atoms with Crippen molar-refractivity contribution in [3.63, 3.8) is 0 Å². The van der Waals surface area contributed by atoms with Gasteiger partial charge in [0.05, 0.1) is 13.1 Å². The fraction of sp³-hybridized carbons (Fsp3) is 0.188. The van der Waals surface area contributed by atoms with Gasteiger partial charge in [0.2, 0.25) is 5.90 Å². The van der Waals surface area contributed by atoms with Crippen molar-refractivity contribution in [1.29, 1.82) is 5.41 Å². The molecule has 0 saturated heterocycles. The van der Waals surface area contributed by atoms with E-state index in [-0.39, 0.29) is 5.90 Å². The molecule has 0 aliphatic carbocycles. The molecule has 110 valence electrons. The van der Waals surface area contributed by atoms with E-state index in [2.05, 4.69) is 0 Å². The van der Waals surface area contributed by atoms with Crippen LogP contribution in [0.25, 0.3) is 0 Å². The second-order valence-electron chi connectivity index (χ2n) is 4.70. The lowest BCUT2D eigenvalue weighted by Gasteiger charge is -2.22. The molecule has 1 N–H and O–H groups in total. The third-order valence-corrected chi connectivity index (χ3v) is 3.31. The summed E-state index contributed by atoms with van der Waals surface area (Å²) in [5.74, 6) is 0.151. The minimum absolute atomic E-state index is 0.151. The number of rotatable bonds is 5. The maximum absolute atomic E-state index is 7.52. The highest BCUT2D eigenvalue weighted by molar-refractivity contribution is 6.30. The Balaban J connectivity index is 2.08. The summed E-state index contributed by atoms with van der Waals surface area (Å²) in [7, 11) is 0. The summed E-state index contributed by atoms with van der Waals surface area (Å²) in [6.07, 6.45) is 0. The molecule has 0 atom stereocenters. The van der Waals surface area contributed by atoms with Gasteiger partial charge in [0.15, 0.2) is 0 Å². The van der Waals surface area contributed by atoms with Crippen LogP contribution in [0.3, 0.4) is 0 Å². The largest absolute Gasteiger partial charge is 0.391 e. The molecule has 0 bridgehead atoms. The molecule has 21 heavy (non-hydrogen) atoms. The van der Waals surface area contributed by atoms with Crippen LogP contribution in [0.4, 0.5) is 0 Å². The first kappa shape index (κ1) is 15.8. The summed E-state index contributed by atoms with van der Waals surface area (Å²) in [4.78, 5) is 5.47. The van der Waals surface area contributed by atoms with Gasteiger partial charge in [-0.2, -0.15) is 0 Å². The Hall–Kier alpha value is -1.55. The Kier molecular flexibility index (Phi) is 5.62. The summed E-state index contributed by atoms with van der Waals surface area (Å²) >= 11 is 11.8. The quantitative estimate of drug-likeness (QED) is 0.481. The molecule has 0 aliphatic heterocycles. The van der Waals surface area contributed by atoms with E-state index in [0.717, 1.165) is 11.1 Å². The first-order valence-corrected chi connectivity index (χ1v) is 7.25. The minimum Gasteiger partial charge on any atom is -0.391 e. The molecule has 0 aliphatic rings. The standard InChI is InChI=1S/C16H16Cl2N2O/c1-12(19)21-20(10-13-2-6-15(17)7-3-13)11-14-4-8-16(18)9-5-14/h2-9,19H,10-11H2,1H3. The molecule has 0 heterocycles. The van der Waals surface area contributed by atoms with Crippen LogP contribution in [-0.2, 0) is 17.9 Å². The molecule has 0 radical (unpaired) electrons. The molecule has 0 spiro atoms. The van der Waals surface area contributed by atoms with Gasteiger partial charge in [-0.3, -0.25) is 5.41 Å². The first-order valence-electron chi connectivity index (χ1n) is 6.50. The molecule has 0 fully saturated rings. The SMILES string of the molecule is CC(=N)ON(Cc1ccc(Cl)cc1)Cc1ccc(Cl)cc1. The second kappa shape index (κ2) is 7.46. The monoisotopic (exact) mass is 322 g/mol. The van der Waals surface area contributed by atoms with Crippen molar-refractivity contribution in [2.45, 2.75) is 20.0 Å². The lowest BCUT2D eigenvalue weighted by atomic mass is 10.2. The molecule has 0 unspecified atom stereocenters. The third kappa shape index (κ3) is 5.38. The Morgan fingerprint density at radius 3 is 1.62 bits per heavy atom. The van der Waals surface area contributed by atoms with E-state index in [9.17, 15) is 0 Å². The lowest BCUT2D eigenvalue weighted by Crippen LogP contribution is -2.25. The number of hydrogen-bond acceptors (Lipinski definition) is 3. The summed E-state index contributed by atoms with van der Waals surface area (Å²) in [5.41, 5.74) is 2.13. The normalized spacial score (nSPS) is 10.7. The van der Waals surface area contributed by atoms with Gasteiger partial charge in [0.1, 0.15) is 0 Å². The highest BCUT2D eigenvalue weighted by atomic mass is 35.5. The van der Waals surface area contributed by atoms with Gasteiger partial charge in [-0.05, 0) is 35.4 Å². The summed E-state index contributed by atoms with van der Waals surface area (Å²) < 4.78 is 0. The molecule has 0 saturated carbocycles. The van der Waals surface area contributed by atoms with Crippen molar-refractivity contribution in [2.24, 2.45) is 0 Å². The van der Waals surface area contributed by atoms with E-state index < -0.39 is 0 Å². The van der Waals surface area contributed by atoms with Crippen molar-refractivity contribution in [1.82, 2.24) is 5.06 Å². The lowest BCUT2D eigenvalue weighted by molar-refractivity contribution is -0.0918. The third-order valence-electron chi connectivity index (χ3n) is 2.81. The van der Waals surface area contributed by atoms with E-state index in [0.29, 0.717) is 23.1 Å². The number of benzene rings is 2. The van der Waals surface area contributed by atoms with Crippen LogP contribution in [0, 0.1) is 5.41 Å². The van der Waals surface area contributed by atoms with Gasteiger partial charge in [-0.1, -0.05) is 47.5 Å². The second-order valence-corrected chi connectivity index (χ2v) is 5.57. The minimum atomic E-state index is 0.151. The van der Waals surface area contributed by atoms with Crippen LogP contribution in [0.2, 0.25) is 10.0 Å². The molecule has 0 aromatic heterocycles. The zero-order valence-corrected chi connectivity index (χ0v) is 13.2. The van der Waals surface area contributed by atoms with Gasteiger partial charge < -0.3 is 4.84 Å². The van der Waals surface area contributed by atoms with Gasteiger partial charge in [0, 0.05) is 17.0 Å². The van der Waals surface area contributed by atoms with Gasteiger partial charge in [0.25, 0.3) is 0 Å². The van der Waals surface area contributed by atoms with E-state index in [1.54, 1.807) is 12.0 Å². The van der Waals surface area contributed by atoms with Crippen molar-refractivity contribution in [3.8, 4) is 0 Å². The van der Waals surface area contributed by atoms with Crippen molar-refractivity contribution in [2.75, 3.05) is 0 Å². The summed E-state index contributed by atoms with van der Waals surface area (Å²) in [6, 6.07) is 15.1. The van der Waals surface area contributed by atoms with Crippen LogP contribution >= 0.6 is 23.2 Å². The van der Waals surface area contributed by atoms with E-state index >= 15 is 0 Å². The molecule has 2 rings (SSSR count). The number of nitrogens with zero attached hydrogens (tertiary/aromatic N) is 1. The Morgan fingerprint density at radius 1 is 0.905 bits per heavy atom. The van der Waals surface area contributed by atoms with Gasteiger partial charge in [-0.15, -0.1) is 5.06 Å². The van der Waals surface area contributed by atoms with E-state index in [4.69, 9.17) is 33.4 Å². The van der Waals surface area contributed by atoms with Crippen molar-refractivity contribution >= 4 is 29.1 Å². The van der Waals surface area contributed by atoms with Gasteiger partial charge in [-0.25, -0.2) is 0 Å². The predicted molar refractivity (Wildman–Crippen MR) is 86.6 cm³/mol. The van der Waals surface area contributed by atoms with E-state index in [1.165, 1.54) is 0 Å².